The second kappa shape index (κ2) is 4.33. The lowest BCUT2D eigenvalue weighted by atomic mass is 9.99. The summed E-state index contributed by atoms with van der Waals surface area (Å²) in [6.45, 7) is 0. The zero-order valence-corrected chi connectivity index (χ0v) is 7.23. The Morgan fingerprint density at radius 3 is 1.12 bits per heavy atom. The van der Waals surface area contributed by atoms with Gasteiger partial charge in [-0.3, -0.25) is 0 Å². The Morgan fingerprint density at radius 2 is 0.941 bits per heavy atom. The van der Waals surface area contributed by atoms with Gasteiger partial charge in [0, 0.05) is 0 Å². The van der Waals surface area contributed by atoms with Crippen molar-refractivity contribution in [1.29, 1.82) is 0 Å². The Morgan fingerprint density at radius 1 is 0.647 bits per heavy atom. The smallest absolute Gasteiger partial charge is 0.199 e. The van der Waals surface area contributed by atoms with Gasteiger partial charge in [-0.15, -0.1) is 0 Å². The first-order chi connectivity index (χ1) is 7.22. The predicted octanol–water partition coefficient (Wildman–Crippen LogP) is 4.44. The average Bonchev–Trinajstić information content (AvgIpc) is 1.95. The highest BCUT2D eigenvalue weighted by atomic mass is 19.4. The fraction of sp³-hybridized carbons (Fsp3) is 0.667. The van der Waals surface area contributed by atoms with Crippen LogP contribution in [0.15, 0.2) is 11.9 Å². The van der Waals surface area contributed by atoms with Crippen LogP contribution in [0.1, 0.15) is 0 Å². The molecule has 0 N–H and O–H groups in total. The number of rotatable bonds is 2. The van der Waals surface area contributed by atoms with Crippen LogP contribution in [0.3, 0.4) is 0 Å². The maximum atomic E-state index is 12.4. The Labute approximate surface area is 85.7 Å². The summed E-state index contributed by atoms with van der Waals surface area (Å²) in [7, 11) is 0. The van der Waals surface area contributed by atoms with Gasteiger partial charge in [0.05, 0.1) is 0 Å². The summed E-state index contributed by atoms with van der Waals surface area (Å²) >= 11 is 0. The quantitative estimate of drug-likeness (QED) is 0.657. The van der Waals surface area contributed by atoms with Gasteiger partial charge in [-0.2, -0.15) is 48.3 Å². The summed E-state index contributed by atoms with van der Waals surface area (Å²) in [4.78, 5) is 0. The second-order valence-corrected chi connectivity index (χ2v) is 2.71. The number of halogens is 11. The standard InChI is InChI=1S/C6HF11/c7-1(2(8)9)4(10,11)3(5(12,13)14)6(15,16)17/h3H. The van der Waals surface area contributed by atoms with E-state index in [1.807, 2.05) is 0 Å². The highest BCUT2D eigenvalue weighted by molar-refractivity contribution is 5.10. The second-order valence-electron chi connectivity index (χ2n) is 2.71. The molecule has 0 aliphatic rings. The summed E-state index contributed by atoms with van der Waals surface area (Å²) in [6.07, 6.45) is -17.2. The molecule has 17 heavy (non-hydrogen) atoms. The normalized spacial score (nSPS) is 14.1. The van der Waals surface area contributed by atoms with Crippen LogP contribution < -0.4 is 0 Å². The Balaban J connectivity index is 5.74. The molecule has 0 fully saturated rings. The molecule has 0 aromatic rings. The monoisotopic (exact) mass is 282 g/mol. The lowest BCUT2D eigenvalue weighted by molar-refractivity contribution is -0.333. The van der Waals surface area contributed by atoms with Gasteiger partial charge in [-0.1, -0.05) is 0 Å². The summed E-state index contributed by atoms with van der Waals surface area (Å²) in [5.74, 6) is -16.0. The van der Waals surface area contributed by atoms with Crippen LogP contribution in [-0.2, 0) is 0 Å². The summed E-state index contributed by atoms with van der Waals surface area (Å²) < 4.78 is 130. The van der Waals surface area contributed by atoms with Crippen LogP contribution in [0.5, 0.6) is 0 Å². The molecule has 0 atom stereocenters. The zero-order valence-electron chi connectivity index (χ0n) is 7.23. The topological polar surface area (TPSA) is 0 Å². The van der Waals surface area contributed by atoms with Crippen molar-refractivity contribution in [2.45, 2.75) is 18.3 Å². The first kappa shape index (κ1) is 16.0. The van der Waals surface area contributed by atoms with Crippen molar-refractivity contribution < 1.29 is 48.3 Å². The summed E-state index contributed by atoms with van der Waals surface area (Å²) in [5, 5.41) is 0. The van der Waals surface area contributed by atoms with Crippen LogP contribution in [0, 0.1) is 5.92 Å². The van der Waals surface area contributed by atoms with E-state index < -0.39 is 36.1 Å². The van der Waals surface area contributed by atoms with Crippen molar-refractivity contribution in [2.24, 2.45) is 5.92 Å². The Kier molecular flexibility index (Phi) is 4.07. The third-order valence-corrected chi connectivity index (χ3v) is 1.48. The van der Waals surface area contributed by atoms with Gasteiger partial charge in [-0.05, 0) is 0 Å². The number of alkyl halides is 8. The Hall–Kier alpha value is -1.03. The number of hydrogen-bond acceptors (Lipinski definition) is 0. The van der Waals surface area contributed by atoms with Gasteiger partial charge < -0.3 is 0 Å². The molecule has 0 bridgehead atoms. The van der Waals surface area contributed by atoms with E-state index in [-0.39, 0.29) is 0 Å². The van der Waals surface area contributed by atoms with E-state index in [1.165, 1.54) is 0 Å². The first-order valence-electron chi connectivity index (χ1n) is 3.44. The molecule has 0 heterocycles. The lowest BCUT2D eigenvalue weighted by Gasteiger charge is -2.28. The van der Waals surface area contributed by atoms with Crippen molar-refractivity contribution in [3.8, 4) is 0 Å². The average molecular weight is 282 g/mol. The molecule has 102 valence electrons. The SMILES string of the molecule is FC(F)=C(F)C(F)(F)C(C(F)(F)F)C(F)(F)F. The molecular weight excluding hydrogens is 281 g/mol. The minimum absolute atomic E-state index is 3.95. The molecule has 0 unspecified atom stereocenters. The molecule has 0 aliphatic carbocycles. The molecule has 0 radical (unpaired) electrons. The molecule has 0 aliphatic heterocycles. The van der Waals surface area contributed by atoms with Gasteiger partial charge in [0.15, 0.2) is 0 Å². The largest absolute Gasteiger partial charge is 0.406 e. The van der Waals surface area contributed by atoms with E-state index in [4.69, 9.17) is 0 Å². The maximum Gasteiger partial charge on any atom is 0.406 e. The lowest BCUT2D eigenvalue weighted by Crippen LogP contribution is -2.49. The fourth-order valence-corrected chi connectivity index (χ4v) is 0.849. The van der Waals surface area contributed by atoms with E-state index in [1.54, 1.807) is 0 Å². The molecule has 0 aromatic heterocycles. The van der Waals surface area contributed by atoms with Crippen molar-refractivity contribution in [3.05, 3.63) is 11.9 Å². The molecule has 11 heteroatoms. The minimum atomic E-state index is -6.63. The van der Waals surface area contributed by atoms with Crippen LogP contribution in [0.2, 0.25) is 0 Å². The molecule has 0 saturated carbocycles. The molecule has 0 rings (SSSR count). The van der Waals surface area contributed by atoms with E-state index in [9.17, 15) is 48.3 Å². The Bertz CT molecular complexity index is 287. The summed E-state index contributed by atoms with van der Waals surface area (Å²) in [5.41, 5.74) is 0. The van der Waals surface area contributed by atoms with Crippen molar-refractivity contribution in [1.82, 2.24) is 0 Å². The van der Waals surface area contributed by atoms with Crippen LogP contribution >= 0.6 is 0 Å². The van der Waals surface area contributed by atoms with E-state index in [2.05, 4.69) is 0 Å². The predicted molar refractivity (Wildman–Crippen MR) is 30.9 cm³/mol. The highest BCUT2D eigenvalue weighted by Crippen LogP contribution is 2.51. The van der Waals surface area contributed by atoms with Crippen LogP contribution in [-0.4, -0.2) is 18.3 Å². The van der Waals surface area contributed by atoms with Crippen LogP contribution in [0.25, 0.3) is 0 Å². The highest BCUT2D eigenvalue weighted by Gasteiger charge is 2.71. The van der Waals surface area contributed by atoms with E-state index in [0.29, 0.717) is 0 Å². The molecule has 0 spiro atoms. The minimum Gasteiger partial charge on any atom is -0.199 e. The van der Waals surface area contributed by atoms with Gasteiger partial charge in [-0.25, -0.2) is 0 Å². The summed E-state index contributed by atoms with van der Waals surface area (Å²) in [6, 6.07) is 0. The molecule has 0 amide bonds. The molecule has 0 nitrogen and oxygen atoms in total. The molecule has 0 aromatic carbocycles. The molecule has 0 saturated heterocycles. The number of allylic oxidation sites excluding steroid dienone is 1. The van der Waals surface area contributed by atoms with Crippen molar-refractivity contribution in [3.63, 3.8) is 0 Å². The van der Waals surface area contributed by atoms with Crippen molar-refractivity contribution >= 4 is 0 Å². The maximum absolute atomic E-state index is 12.4. The van der Waals surface area contributed by atoms with Gasteiger partial charge >= 0.3 is 24.4 Å². The number of hydrogen-bond donors (Lipinski definition) is 0. The van der Waals surface area contributed by atoms with Crippen molar-refractivity contribution in [2.75, 3.05) is 0 Å². The van der Waals surface area contributed by atoms with E-state index >= 15 is 0 Å². The third kappa shape index (κ3) is 3.46. The van der Waals surface area contributed by atoms with Gasteiger partial charge in [0.1, 0.15) is 0 Å². The van der Waals surface area contributed by atoms with E-state index in [0.717, 1.165) is 0 Å². The molecular formula is C6HF11. The third-order valence-electron chi connectivity index (χ3n) is 1.48. The van der Waals surface area contributed by atoms with Gasteiger partial charge in [0.25, 0.3) is 0 Å². The van der Waals surface area contributed by atoms with Gasteiger partial charge in [0.2, 0.25) is 11.7 Å². The fourth-order valence-electron chi connectivity index (χ4n) is 0.849. The van der Waals surface area contributed by atoms with Crippen LogP contribution in [0.4, 0.5) is 48.3 Å². The zero-order chi connectivity index (χ0) is 14.2. The first-order valence-corrected chi connectivity index (χ1v) is 3.44.